The molecule has 0 aliphatic carbocycles. The Hall–Kier alpha value is -3.57. The van der Waals surface area contributed by atoms with Crippen molar-refractivity contribution in [2.75, 3.05) is 24.6 Å². The molecule has 1 saturated heterocycles. The molecule has 1 N–H and O–H groups in total. The van der Waals surface area contributed by atoms with Gasteiger partial charge in [0.05, 0.1) is 19.1 Å². The minimum atomic E-state index is -1.27. The second kappa shape index (κ2) is 10.4. The highest BCUT2D eigenvalue weighted by atomic mass is 35.5. The van der Waals surface area contributed by atoms with Crippen molar-refractivity contribution in [3.63, 3.8) is 0 Å². The Labute approximate surface area is 197 Å². The van der Waals surface area contributed by atoms with Crippen molar-refractivity contribution in [2.24, 2.45) is 0 Å². The molecule has 33 heavy (non-hydrogen) atoms. The monoisotopic (exact) mass is 468 g/mol. The molecule has 3 rings (SSSR count). The number of hydrogen-bond acceptors (Lipinski definition) is 5. The number of nitriles is 1. The summed E-state index contributed by atoms with van der Waals surface area (Å²) in [6, 6.07) is 14.9. The summed E-state index contributed by atoms with van der Waals surface area (Å²) >= 11 is 5.97. The van der Waals surface area contributed by atoms with E-state index in [1.165, 1.54) is 4.90 Å². The van der Waals surface area contributed by atoms with Crippen molar-refractivity contribution in [3.05, 3.63) is 59.1 Å². The predicted octanol–water partition coefficient (Wildman–Crippen LogP) is 3.84. The lowest BCUT2D eigenvalue weighted by Gasteiger charge is -2.27. The average molecular weight is 469 g/mol. The van der Waals surface area contributed by atoms with Gasteiger partial charge in [0.2, 0.25) is 5.91 Å². The van der Waals surface area contributed by atoms with E-state index in [4.69, 9.17) is 21.6 Å². The molecule has 0 bridgehead atoms. The molecule has 1 aliphatic rings. The van der Waals surface area contributed by atoms with E-state index >= 15 is 0 Å². The number of benzene rings is 2. The van der Waals surface area contributed by atoms with Gasteiger partial charge in [0, 0.05) is 17.3 Å². The minimum Gasteiger partial charge on any atom is -0.494 e. The number of hydrogen-bond donors (Lipinski definition) is 1. The molecule has 8 nitrogen and oxygen atoms in total. The Bertz CT molecular complexity index is 1070. The van der Waals surface area contributed by atoms with Gasteiger partial charge in [-0.05, 0) is 55.3 Å². The third kappa shape index (κ3) is 4.94. The number of imide groups is 1. The van der Waals surface area contributed by atoms with Crippen molar-refractivity contribution in [2.45, 2.75) is 32.2 Å². The number of carbonyl (C=O) groups excluding carboxylic acids is 3. The van der Waals surface area contributed by atoms with Crippen LogP contribution in [-0.4, -0.2) is 42.4 Å². The van der Waals surface area contributed by atoms with Crippen LogP contribution >= 0.6 is 11.6 Å². The maximum Gasteiger partial charge on any atom is 0.325 e. The molecule has 1 unspecified atom stereocenters. The number of anilines is 1. The summed E-state index contributed by atoms with van der Waals surface area (Å²) in [7, 11) is 0. The topological polar surface area (TPSA) is 103 Å². The molecule has 4 amide bonds. The number of carbonyl (C=O) groups is 3. The van der Waals surface area contributed by atoms with Crippen molar-refractivity contribution in [1.29, 1.82) is 5.26 Å². The van der Waals surface area contributed by atoms with Crippen LogP contribution in [0.5, 0.6) is 5.75 Å². The summed E-state index contributed by atoms with van der Waals surface area (Å²) in [5, 5.41) is 12.3. The first-order valence-corrected chi connectivity index (χ1v) is 11.0. The number of nitrogens with one attached hydrogen (secondary N) is 1. The second-order valence-electron chi connectivity index (χ2n) is 7.47. The van der Waals surface area contributed by atoms with E-state index in [2.05, 4.69) is 5.32 Å². The summed E-state index contributed by atoms with van der Waals surface area (Å²) < 4.78 is 5.43. The van der Waals surface area contributed by atoms with E-state index in [-0.39, 0.29) is 13.0 Å². The summed E-state index contributed by atoms with van der Waals surface area (Å²) in [4.78, 5) is 41.6. The highest BCUT2D eigenvalue weighted by Gasteiger charge is 2.51. The van der Waals surface area contributed by atoms with Crippen LogP contribution in [0, 0.1) is 11.3 Å². The fraction of sp³-hybridized carbons (Fsp3) is 0.333. The molecule has 172 valence electrons. The molecule has 2 aromatic rings. The van der Waals surface area contributed by atoms with Crippen LogP contribution < -0.4 is 15.0 Å². The fourth-order valence-corrected chi connectivity index (χ4v) is 3.94. The summed E-state index contributed by atoms with van der Waals surface area (Å²) in [6.45, 7) is 3.85. The smallest absolute Gasteiger partial charge is 0.325 e. The largest absolute Gasteiger partial charge is 0.494 e. The highest BCUT2D eigenvalue weighted by molar-refractivity contribution is 6.30. The lowest BCUT2D eigenvalue weighted by molar-refractivity contribution is -0.134. The molecule has 2 aromatic carbocycles. The van der Waals surface area contributed by atoms with Crippen molar-refractivity contribution < 1.29 is 19.1 Å². The highest BCUT2D eigenvalue weighted by Crippen LogP contribution is 2.33. The Balaban J connectivity index is 1.84. The van der Waals surface area contributed by atoms with E-state index in [9.17, 15) is 14.4 Å². The second-order valence-corrected chi connectivity index (χ2v) is 7.90. The number of urea groups is 1. The van der Waals surface area contributed by atoms with Crippen LogP contribution in [0.25, 0.3) is 0 Å². The van der Waals surface area contributed by atoms with Gasteiger partial charge in [0.25, 0.3) is 5.91 Å². The summed E-state index contributed by atoms with van der Waals surface area (Å²) in [6.07, 6.45) is 0.406. The normalized spacial score (nSPS) is 17.5. The Kier molecular flexibility index (Phi) is 7.56. The van der Waals surface area contributed by atoms with E-state index < -0.39 is 29.9 Å². The number of amides is 4. The van der Waals surface area contributed by atoms with Crippen molar-refractivity contribution >= 4 is 35.1 Å². The number of halogens is 1. The fourth-order valence-electron chi connectivity index (χ4n) is 3.81. The molecule has 0 radical (unpaired) electrons. The van der Waals surface area contributed by atoms with Crippen LogP contribution in [-0.2, 0) is 15.1 Å². The van der Waals surface area contributed by atoms with E-state index in [1.54, 1.807) is 55.5 Å². The number of nitrogens with zero attached hydrogens (tertiary/aromatic N) is 3. The maximum absolute atomic E-state index is 13.3. The third-order valence-electron chi connectivity index (χ3n) is 5.54. The Morgan fingerprint density at radius 2 is 1.82 bits per heavy atom. The maximum atomic E-state index is 13.3. The SMILES string of the molecule is CCOc1ccc(N(CCC#N)C(=O)CN2C(=O)NC(CC)(c3ccc(Cl)cc3)C2=O)cc1. The van der Waals surface area contributed by atoms with Gasteiger partial charge in [0.1, 0.15) is 17.8 Å². The molecule has 1 fully saturated rings. The van der Waals surface area contributed by atoms with Gasteiger partial charge in [0.15, 0.2) is 0 Å². The molecule has 0 spiro atoms. The van der Waals surface area contributed by atoms with Gasteiger partial charge in [-0.1, -0.05) is 30.7 Å². The molecular formula is C24H25ClN4O4. The molecule has 1 atom stereocenters. The first-order valence-electron chi connectivity index (χ1n) is 10.7. The number of ether oxygens (including phenoxy) is 1. The van der Waals surface area contributed by atoms with Crippen LogP contribution in [0.3, 0.4) is 0 Å². The minimum absolute atomic E-state index is 0.1000. The number of rotatable bonds is 9. The Morgan fingerprint density at radius 1 is 1.15 bits per heavy atom. The first-order chi connectivity index (χ1) is 15.9. The van der Waals surface area contributed by atoms with Crippen LogP contribution in [0.2, 0.25) is 5.02 Å². The lowest BCUT2D eigenvalue weighted by Crippen LogP contribution is -2.46. The molecule has 1 aliphatic heterocycles. The van der Waals surface area contributed by atoms with E-state index in [0.717, 1.165) is 4.90 Å². The lowest BCUT2D eigenvalue weighted by atomic mass is 9.87. The molecule has 0 saturated carbocycles. The van der Waals surface area contributed by atoms with Gasteiger partial charge in [-0.25, -0.2) is 4.79 Å². The molecule has 0 aromatic heterocycles. The predicted molar refractivity (Wildman–Crippen MR) is 124 cm³/mol. The molecule has 9 heteroatoms. The van der Waals surface area contributed by atoms with Gasteiger partial charge in [-0.3, -0.25) is 14.5 Å². The van der Waals surface area contributed by atoms with E-state index in [0.29, 0.717) is 35.1 Å². The zero-order valence-corrected chi connectivity index (χ0v) is 19.3. The Morgan fingerprint density at radius 3 is 2.39 bits per heavy atom. The molecular weight excluding hydrogens is 444 g/mol. The summed E-state index contributed by atoms with van der Waals surface area (Å²) in [5.41, 5.74) is -0.126. The van der Waals surface area contributed by atoms with Gasteiger partial charge < -0.3 is 15.0 Å². The standard InChI is InChI=1S/C24H25ClN4O4/c1-3-24(17-6-8-18(25)9-7-17)22(31)29(23(32)27-24)16-21(30)28(15-5-14-26)19-10-12-20(13-11-19)33-4-2/h6-13H,3-5,15-16H2,1-2H3,(H,27,32). The van der Waals surface area contributed by atoms with Crippen molar-refractivity contribution in [1.82, 2.24) is 10.2 Å². The average Bonchev–Trinajstić information content (AvgIpc) is 3.06. The zero-order valence-electron chi connectivity index (χ0n) is 18.5. The van der Waals surface area contributed by atoms with Crippen LogP contribution in [0.1, 0.15) is 32.3 Å². The van der Waals surface area contributed by atoms with Crippen molar-refractivity contribution in [3.8, 4) is 11.8 Å². The van der Waals surface area contributed by atoms with Crippen LogP contribution in [0.15, 0.2) is 48.5 Å². The van der Waals surface area contributed by atoms with E-state index in [1.807, 2.05) is 13.0 Å². The van der Waals surface area contributed by atoms with Gasteiger partial charge in [-0.2, -0.15) is 5.26 Å². The molecule has 1 heterocycles. The van der Waals surface area contributed by atoms with Crippen LogP contribution in [0.4, 0.5) is 10.5 Å². The zero-order chi connectivity index (χ0) is 24.0. The first kappa shape index (κ1) is 24.1. The van der Waals surface area contributed by atoms with Gasteiger partial charge >= 0.3 is 6.03 Å². The third-order valence-corrected chi connectivity index (χ3v) is 5.80. The summed E-state index contributed by atoms with van der Waals surface area (Å²) in [5.74, 6) is -0.322. The van der Waals surface area contributed by atoms with Gasteiger partial charge in [-0.15, -0.1) is 0 Å². The quantitative estimate of drug-likeness (QED) is 0.563.